The molecule has 162 valence electrons. The lowest BCUT2D eigenvalue weighted by Crippen LogP contribution is -2.17. The predicted molar refractivity (Wildman–Crippen MR) is 130 cm³/mol. The molecular formula is C26H24N2O3S. The lowest BCUT2D eigenvalue weighted by atomic mass is 10.1. The van der Waals surface area contributed by atoms with Gasteiger partial charge < -0.3 is 5.32 Å². The molecule has 0 aliphatic rings. The van der Waals surface area contributed by atoms with Gasteiger partial charge in [0, 0.05) is 11.3 Å². The summed E-state index contributed by atoms with van der Waals surface area (Å²) in [6.07, 6.45) is 0. The van der Waals surface area contributed by atoms with Crippen LogP contribution in [-0.2, 0) is 10.0 Å². The second-order valence-corrected chi connectivity index (χ2v) is 9.50. The van der Waals surface area contributed by atoms with Crippen LogP contribution in [0.25, 0.3) is 10.8 Å². The van der Waals surface area contributed by atoms with Crippen molar-refractivity contribution in [3.8, 4) is 0 Å². The first-order chi connectivity index (χ1) is 15.2. The highest BCUT2D eigenvalue weighted by Crippen LogP contribution is 2.25. The van der Waals surface area contributed by atoms with Gasteiger partial charge in [-0.1, -0.05) is 48.5 Å². The zero-order valence-electron chi connectivity index (χ0n) is 18.1. The van der Waals surface area contributed by atoms with Gasteiger partial charge in [-0.25, -0.2) is 8.42 Å². The molecule has 5 nitrogen and oxygen atoms in total. The van der Waals surface area contributed by atoms with E-state index in [4.69, 9.17) is 0 Å². The largest absolute Gasteiger partial charge is 0.322 e. The van der Waals surface area contributed by atoms with E-state index < -0.39 is 10.0 Å². The molecular weight excluding hydrogens is 420 g/mol. The van der Waals surface area contributed by atoms with Crippen LogP contribution >= 0.6 is 0 Å². The van der Waals surface area contributed by atoms with Crippen molar-refractivity contribution in [3.05, 3.63) is 101 Å². The van der Waals surface area contributed by atoms with Gasteiger partial charge in [0.25, 0.3) is 15.9 Å². The van der Waals surface area contributed by atoms with E-state index in [1.165, 1.54) is 6.07 Å². The predicted octanol–water partition coefficient (Wildman–Crippen LogP) is 5.82. The number of aryl methyl sites for hydroxylation is 2. The monoisotopic (exact) mass is 444 g/mol. The van der Waals surface area contributed by atoms with Gasteiger partial charge in [0.2, 0.25) is 0 Å². The molecule has 0 heterocycles. The molecule has 0 aliphatic heterocycles. The van der Waals surface area contributed by atoms with E-state index in [2.05, 4.69) is 10.0 Å². The Morgan fingerprint density at radius 2 is 1.50 bits per heavy atom. The van der Waals surface area contributed by atoms with E-state index in [1.54, 1.807) is 31.2 Å². The highest BCUT2D eigenvalue weighted by molar-refractivity contribution is 7.92. The molecule has 2 N–H and O–H groups in total. The fraction of sp³-hybridized carbons (Fsp3) is 0.115. The molecule has 0 spiro atoms. The fourth-order valence-electron chi connectivity index (χ4n) is 3.56. The molecule has 0 atom stereocenters. The fourth-order valence-corrected chi connectivity index (χ4v) is 4.96. The maximum atomic E-state index is 13.1. The smallest absolute Gasteiger partial charge is 0.262 e. The van der Waals surface area contributed by atoms with Crippen LogP contribution in [0.2, 0.25) is 0 Å². The Kier molecular flexibility index (Phi) is 5.72. The van der Waals surface area contributed by atoms with Gasteiger partial charge >= 0.3 is 0 Å². The number of hydrogen-bond acceptors (Lipinski definition) is 3. The van der Waals surface area contributed by atoms with Gasteiger partial charge in [-0.05, 0) is 78.6 Å². The molecule has 0 saturated heterocycles. The normalized spacial score (nSPS) is 11.3. The third kappa shape index (κ3) is 4.36. The molecule has 1 amide bonds. The molecule has 0 saturated carbocycles. The molecule has 0 aliphatic carbocycles. The van der Waals surface area contributed by atoms with Crippen molar-refractivity contribution < 1.29 is 13.2 Å². The van der Waals surface area contributed by atoms with Gasteiger partial charge in [-0.2, -0.15) is 0 Å². The number of nitrogens with one attached hydrogen (secondary N) is 2. The van der Waals surface area contributed by atoms with Crippen molar-refractivity contribution in [2.45, 2.75) is 25.7 Å². The van der Waals surface area contributed by atoms with Crippen LogP contribution in [0.3, 0.4) is 0 Å². The highest BCUT2D eigenvalue weighted by Gasteiger charge is 2.20. The molecule has 6 heteroatoms. The quantitative estimate of drug-likeness (QED) is 0.407. The molecule has 0 radical (unpaired) electrons. The molecule has 4 rings (SSSR count). The van der Waals surface area contributed by atoms with E-state index in [9.17, 15) is 13.2 Å². The molecule has 32 heavy (non-hydrogen) atoms. The lowest BCUT2D eigenvalue weighted by Gasteiger charge is -2.14. The van der Waals surface area contributed by atoms with Crippen LogP contribution in [-0.4, -0.2) is 14.3 Å². The third-order valence-electron chi connectivity index (χ3n) is 5.60. The number of carbonyl (C=O) groups is 1. The molecule has 4 aromatic carbocycles. The summed E-state index contributed by atoms with van der Waals surface area (Å²) in [6.45, 7) is 5.51. The number of hydrogen-bond donors (Lipinski definition) is 2. The minimum Gasteiger partial charge on any atom is -0.322 e. The summed E-state index contributed by atoms with van der Waals surface area (Å²) in [7, 11) is -3.87. The Morgan fingerprint density at radius 3 is 2.28 bits per heavy atom. The average Bonchev–Trinajstić information content (AvgIpc) is 2.77. The third-order valence-corrected chi connectivity index (χ3v) is 7.10. The summed E-state index contributed by atoms with van der Waals surface area (Å²) in [4.78, 5) is 12.9. The number of rotatable bonds is 5. The van der Waals surface area contributed by atoms with Gasteiger partial charge in [0.05, 0.1) is 10.6 Å². The standard InChI is InChI=1S/C26H24N2O3S/c1-17-7-6-10-24(19(17)3)28-32(30,31)25-16-22(12-11-18(25)2)26(29)27-23-14-13-20-8-4-5-9-21(20)15-23/h4-16,28H,1-3H3,(H,27,29). The second-order valence-electron chi connectivity index (χ2n) is 7.85. The summed E-state index contributed by atoms with van der Waals surface area (Å²) >= 11 is 0. The SMILES string of the molecule is Cc1ccc(C(=O)Nc2ccc3ccccc3c2)cc1S(=O)(=O)Nc1cccc(C)c1C. The molecule has 0 unspecified atom stereocenters. The van der Waals surface area contributed by atoms with Crippen LogP contribution in [0.1, 0.15) is 27.0 Å². The Bertz CT molecular complexity index is 1440. The van der Waals surface area contributed by atoms with Crippen LogP contribution in [0.5, 0.6) is 0 Å². The topological polar surface area (TPSA) is 75.3 Å². The Morgan fingerprint density at radius 1 is 0.750 bits per heavy atom. The van der Waals surface area contributed by atoms with Gasteiger partial charge in [0.15, 0.2) is 0 Å². The Balaban J connectivity index is 1.62. The molecule has 0 fully saturated rings. The average molecular weight is 445 g/mol. The highest BCUT2D eigenvalue weighted by atomic mass is 32.2. The summed E-state index contributed by atoms with van der Waals surface area (Å²) < 4.78 is 28.9. The number of amides is 1. The summed E-state index contributed by atoms with van der Waals surface area (Å²) in [5.74, 6) is -0.372. The first-order valence-corrected chi connectivity index (χ1v) is 11.7. The van der Waals surface area contributed by atoms with Gasteiger partial charge in [0.1, 0.15) is 0 Å². The van der Waals surface area contributed by atoms with E-state index in [-0.39, 0.29) is 16.4 Å². The number of anilines is 2. The van der Waals surface area contributed by atoms with Crippen molar-refractivity contribution >= 4 is 38.1 Å². The summed E-state index contributed by atoms with van der Waals surface area (Å²) in [6, 6.07) is 23.7. The van der Waals surface area contributed by atoms with Crippen LogP contribution < -0.4 is 10.0 Å². The first kappa shape index (κ1) is 21.6. The Labute approximate surface area is 188 Å². The van der Waals surface area contributed by atoms with Crippen molar-refractivity contribution in [1.29, 1.82) is 0 Å². The van der Waals surface area contributed by atoms with E-state index in [0.29, 0.717) is 16.9 Å². The number of sulfonamides is 1. The maximum Gasteiger partial charge on any atom is 0.262 e. The maximum absolute atomic E-state index is 13.1. The lowest BCUT2D eigenvalue weighted by molar-refractivity contribution is 0.102. The van der Waals surface area contributed by atoms with Gasteiger partial charge in [-0.3, -0.25) is 9.52 Å². The Hall–Kier alpha value is -3.64. The number of carbonyl (C=O) groups excluding carboxylic acids is 1. The molecule has 4 aromatic rings. The van der Waals surface area contributed by atoms with E-state index in [1.807, 2.05) is 62.4 Å². The van der Waals surface area contributed by atoms with Crippen molar-refractivity contribution in [2.24, 2.45) is 0 Å². The summed E-state index contributed by atoms with van der Waals surface area (Å²) in [5, 5.41) is 4.95. The van der Waals surface area contributed by atoms with E-state index >= 15 is 0 Å². The first-order valence-electron chi connectivity index (χ1n) is 10.2. The van der Waals surface area contributed by atoms with E-state index in [0.717, 1.165) is 21.9 Å². The van der Waals surface area contributed by atoms with Crippen molar-refractivity contribution in [3.63, 3.8) is 0 Å². The minimum absolute atomic E-state index is 0.0737. The second kappa shape index (κ2) is 8.48. The minimum atomic E-state index is -3.87. The summed E-state index contributed by atoms with van der Waals surface area (Å²) in [5.41, 5.74) is 3.85. The zero-order chi connectivity index (χ0) is 22.9. The molecule has 0 aromatic heterocycles. The van der Waals surface area contributed by atoms with Crippen molar-refractivity contribution in [1.82, 2.24) is 0 Å². The van der Waals surface area contributed by atoms with Crippen LogP contribution in [0, 0.1) is 20.8 Å². The molecule has 0 bridgehead atoms. The van der Waals surface area contributed by atoms with Crippen LogP contribution in [0.15, 0.2) is 83.8 Å². The van der Waals surface area contributed by atoms with Crippen molar-refractivity contribution in [2.75, 3.05) is 10.0 Å². The number of fused-ring (bicyclic) bond motifs is 1. The number of benzene rings is 4. The zero-order valence-corrected chi connectivity index (χ0v) is 19.0. The van der Waals surface area contributed by atoms with Gasteiger partial charge in [-0.15, -0.1) is 0 Å². The van der Waals surface area contributed by atoms with Crippen LogP contribution in [0.4, 0.5) is 11.4 Å².